The number of carbonyl (C=O) groups excluding carboxylic acids is 2. The second kappa shape index (κ2) is 9.60. The van der Waals surface area contributed by atoms with Crippen LogP contribution in [0, 0.1) is 0 Å². The summed E-state index contributed by atoms with van der Waals surface area (Å²) in [7, 11) is 1.32. The average molecular weight is 447 g/mol. The quantitative estimate of drug-likeness (QED) is 0.532. The Bertz CT molecular complexity index is 1180. The molecule has 3 aromatic rings. The Labute approximate surface area is 192 Å². The van der Waals surface area contributed by atoms with Gasteiger partial charge in [-0.25, -0.2) is 14.3 Å². The molecule has 8 nitrogen and oxygen atoms in total. The molecule has 2 amide bonds. The summed E-state index contributed by atoms with van der Waals surface area (Å²) in [5.74, 6) is 0.248. The molecule has 0 fully saturated rings. The van der Waals surface area contributed by atoms with Gasteiger partial charge in [-0.2, -0.15) is 5.10 Å². The van der Waals surface area contributed by atoms with Crippen LogP contribution in [0.4, 0.5) is 4.79 Å². The molecule has 1 aliphatic rings. The zero-order chi connectivity index (χ0) is 23.4. The van der Waals surface area contributed by atoms with E-state index in [1.165, 1.54) is 7.11 Å². The highest BCUT2D eigenvalue weighted by atomic mass is 16.5. The van der Waals surface area contributed by atoms with Gasteiger partial charge in [-0.05, 0) is 49.7 Å². The summed E-state index contributed by atoms with van der Waals surface area (Å²) in [6.07, 6.45) is 2.75. The van der Waals surface area contributed by atoms with Gasteiger partial charge in [0.25, 0.3) is 0 Å². The van der Waals surface area contributed by atoms with E-state index in [1.807, 2.05) is 60.8 Å². The number of rotatable bonds is 7. The molecule has 2 aromatic carbocycles. The van der Waals surface area contributed by atoms with E-state index >= 15 is 0 Å². The van der Waals surface area contributed by atoms with Crippen molar-refractivity contribution in [3.63, 3.8) is 0 Å². The van der Waals surface area contributed by atoms with Crippen LogP contribution in [0.2, 0.25) is 0 Å². The average Bonchev–Trinajstić information content (AvgIpc) is 3.28. The van der Waals surface area contributed by atoms with Gasteiger partial charge < -0.3 is 20.1 Å². The molecule has 0 radical (unpaired) electrons. The number of esters is 1. The highest BCUT2D eigenvalue weighted by Gasteiger charge is 2.35. The lowest BCUT2D eigenvalue weighted by molar-refractivity contribution is -0.136. The normalized spacial score (nSPS) is 15.6. The SMILES string of the molecule is CCCOc1ccc(-c2nn(-c3ccccc3)cc2[C@H]2NC(=O)NC(C)=C2C(=O)OC)cc1. The minimum atomic E-state index is -0.727. The molecule has 33 heavy (non-hydrogen) atoms. The maximum atomic E-state index is 12.6. The fraction of sp³-hybridized carbons (Fsp3) is 0.240. The van der Waals surface area contributed by atoms with E-state index in [4.69, 9.17) is 14.6 Å². The summed E-state index contributed by atoms with van der Waals surface area (Å²) in [5.41, 5.74) is 3.77. The Morgan fingerprint density at radius 2 is 1.85 bits per heavy atom. The summed E-state index contributed by atoms with van der Waals surface area (Å²) >= 11 is 0. The molecule has 0 bridgehead atoms. The molecule has 8 heteroatoms. The lowest BCUT2D eigenvalue weighted by Crippen LogP contribution is -2.45. The first kappa shape index (κ1) is 22.1. The molecule has 0 saturated heterocycles. The van der Waals surface area contributed by atoms with Crippen LogP contribution in [-0.4, -0.2) is 35.5 Å². The molecule has 1 aromatic heterocycles. The van der Waals surface area contributed by atoms with Gasteiger partial charge in [0.15, 0.2) is 0 Å². The van der Waals surface area contributed by atoms with Crippen LogP contribution in [0.5, 0.6) is 5.75 Å². The van der Waals surface area contributed by atoms with Gasteiger partial charge in [0, 0.05) is 23.0 Å². The molecule has 170 valence electrons. The van der Waals surface area contributed by atoms with Gasteiger partial charge in [-0.15, -0.1) is 0 Å². The van der Waals surface area contributed by atoms with Crippen LogP contribution in [0.1, 0.15) is 31.9 Å². The van der Waals surface area contributed by atoms with Gasteiger partial charge in [0.05, 0.1) is 36.7 Å². The monoisotopic (exact) mass is 446 g/mol. The first-order chi connectivity index (χ1) is 16.0. The number of hydrogen-bond donors (Lipinski definition) is 2. The maximum Gasteiger partial charge on any atom is 0.337 e. The molecular formula is C25H26N4O4. The van der Waals surface area contributed by atoms with Crippen molar-refractivity contribution in [3.05, 3.63) is 77.6 Å². The van der Waals surface area contributed by atoms with Crippen molar-refractivity contribution in [2.45, 2.75) is 26.3 Å². The third kappa shape index (κ3) is 4.59. The van der Waals surface area contributed by atoms with Crippen molar-refractivity contribution >= 4 is 12.0 Å². The molecule has 0 aliphatic carbocycles. The molecule has 2 heterocycles. The zero-order valence-corrected chi connectivity index (χ0v) is 18.8. The molecule has 2 N–H and O–H groups in total. The Morgan fingerprint density at radius 1 is 1.12 bits per heavy atom. The number of urea groups is 1. The third-order valence-electron chi connectivity index (χ3n) is 5.35. The Kier molecular flexibility index (Phi) is 6.44. The molecule has 1 atom stereocenters. The third-order valence-corrected chi connectivity index (χ3v) is 5.35. The van der Waals surface area contributed by atoms with Crippen molar-refractivity contribution in [2.75, 3.05) is 13.7 Å². The number of nitrogens with zero attached hydrogens (tertiary/aromatic N) is 2. The minimum absolute atomic E-state index is 0.328. The van der Waals surface area contributed by atoms with Crippen LogP contribution in [-0.2, 0) is 9.53 Å². The Balaban J connectivity index is 1.84. The predicted molar refractivity (Wildman–Crippen MR) is 124 cm³/mol. The predicted octanol–water partition coefficient (Wildman–Crippen LogP) is 4.13. The number of ether oxygens (including phenoxy) is 2. The highest BCUT2D eigenvalue weighted by molar-refractivity contribution is 5.95. The fourth-order valence-electron chi connectivity index (χ4n) is 3.77. The lowest BCUT2D eigenvalue weighted by Gasteiger charge is -2.27. The summed E-state index contributed by atoms with van der Waals surface area (Å²) < 4.78 is 12.4. The summed E-state index contributed by atoms with van der Waals surface area (Å²) in [4.78, 5) is 25.0. The second-order valence-electron chi connectivity index (χ2n) is 7.65. The van der Waals surface area contributed by atoms with Crippen LogP contribution in [0.3, 0.4) is 0 Å². The number of allylic oxidation sites excluding steroid dienone is 1. The highest BCUT2D eigenvalue weighted by Crippen LogP contribution is 2.35. The van der Waals surface area contributed by atoms with Gasteiger partial charge in [-0.1, -0.05) is 25.1 Å². The van der Waals surface area contributed by atoms with Gasteiger partial charge in [-0.3, -0.25) is 0 Å². The van der Waals surface area contributed by atoms with Crippen molar-refractivity contribution in [2.24, 2.45) is 0 Å². The van der Waals surface area contributed by atoms with Crippen LogP contribution in [0.15, 0.2) is 72.1 Å². The molecule has 0 saturated carbocycles. The topological polar surface area (TPSA) is 94.5 Å². The van der Waals surface area contributed by atoms with E-state index < -0.39 is 18.0 Å². The Hall–Kier alpha value is -4.07. The fourth-order valence-corrected chi connectivity index (χ4v) is 3.77. The summed E-state index contributed by atoms with van der Waals surface area (Å²) in [6, 6.07) is 16.1. The number of carbonyl (C=O) groups is 2. The molecule has 0 unspecified atom stereocenters. The molecule has 0 spiro atoms. The molecular weight excluding hydrogens is 420 g/mol. The van der Waals surface area contributed by atoms with E-state index in [1.54, 1.807) is 11.6 Å². The van der Waals surface area contributed by atoms with Gasteiger partial charge in [0.1, 0.15) is 5.75 Å². The van der Waals surface area contributed by atoms with Gasteiger partial charge >= 0.3 is 12.0 Å². The zero-order valence-electron chi connectivity index (χ0n) is 18.8. The van der Waals surface area contributed by atoms with E-state index in [2.05, 4.69) is 17.6 Å². The Morgan fingerprint density at radius 3 is 2.52 bits per heavy atom. The number of benzene rings is 2. The second-order valence-corrected chi connectivity index (χ2v) is 7.65. The minimum Gasteiger partial charge on any atom is -0.494 e. The van der Waals surface area contributed by atoms with E-state index in [-0.39, 0.29) is 0 Å². The van der Waals surface area contributed by atoms with Crippen LogP contribution in [0.25, 0.3) is 16.9 Å². The number of hydrogen-bond acceptors (Lipinski definition) is 5. The largest absolute Gasteiger partial charge is 0.494 e. The van der Waals surface area contributed by atoms with Crippen molar-refractivity contribution in [1.82, 2.24) is 20.4 Å². The van der Waals surface area contributed by atoms with E-state index in [0.29, 0.717) is 29.1 Å². The first-order valence-electron chi connectivity index (χ1n) is 10.8. The van der Waals surface area contributed by atoms with Crippen molar-refractivity contribution < 1.29 is 19.1 Å². The van der Waals surface area contributed by atoms with Crippen LogP contribution < -0.4 is 15.4 Å². The molecule has 1 aliphatic heterocycles. The first-order valence-corrected chi connectivity index (χ1v) is 10.8. The molecule has 4 rings (SSSR count). The van der Waals surface area contributed by atoms with E-state index in [0.717, 1.165) is 23.4 Å². The van der Waals surface area contributed by atoms with Crippen LogP contribution >= 0.6 is 0 Å². The number of nitrogens with one attached hydrogen (secondary N) is 2. The van der Waals surface area contributed by atoms with Crippen molar-refractivity contribution in [3.8, 4) is 22.7 Å². The standard InChI is InChI=1S/C25H26N4O4/c1-4-14-33-19-12-10-17(11-13-19)22-20(15-29(28-22)18-8-6-5-7-9-18)23-21(24(30)32-3)16(2)26-25(31)27-23/h5-13,15,23H,4,14H2,1-3H3,(H2,26,27,31)/t23-/m1/s1. The van der Waals surface area contributed by atoms with Crippen molar-refractivity contribution in [1.29, 1.82) is 0 Å². The number of methoxy groups -OCH3 is 1. The number of amides is 2. The summed E-state index contributed by atoms with van der Waals surface area (Å²) in [6.45, 7) is 4.37. The number of para-hydroxylation sites is 1. The van der Waals surface area contributed by atoms with Gasteiger partial charge in [0.2, 0.25) is 0 Å². The maximum absolute atomic E-state index is 12.6. The van der Waals surface area contributed by atoms with E-state index in [9.17, 15) is 9.59 Å². The lowest BCUT2D eigenvalue weighted by atomic mass is 9.94. The smallest absolute Gasteiger partial charge is 0.337 e. The summed E-state index contributed by atoms with van der Waals surface area (Å²) in [5, 5.41) is 10.3. The number of aromatic nitrogens is 2.